The van der Waals surface area contributed by atoms with E-state index in [2.05, 4.69) is 27.2 Å². The first-order valence-corrected chi connectivity index (χ1v) is 10.0. The van der Waals surface area contributed by atoms with Crippen molar-refractivity contribution in [2.24, 2.45) is 0 Å². The smallest absolute Gasteiger partial charge is 0.231 e. The van der Waals surface area contributed by atoms with Crippen LogP contribution in [0.1, 0.15) is 17.5 Å². The Morgan fingerprint density at radius 3 is 2.59 bits per heavy atom. The number of carbonyl (C=O) groups excluding carboxylic acids is 1. The molecule has 0 atom stereocenters. The van der Waals surface area contributed by atoms with Gasteiger partial charge in [0.2, 0.25) is 12.7 Å². The van der Waals surface area contributed by atoms with Gasteiger partial charge in [-0.3, -0.25) is 9.69 Å². The number of benzene rings is 2. The van der Waals surface area contributed by atoms with Crippen LogP contribution in [0.5, 0.6) is 11.5 Å². The Morgan fingerprint density at radius 2 is 1.76 bits per heavy atom. The Kier molecular flexibility index (Phi) is 6.27. The number of hydrogen-bond acceptors (Lipinski definition) is 5. The summed E-state index contributed by atoms with van der Waals surface area (Å²) in [6.07, 6.45) is 0.427. The molecule has 6 nitrogen and oxygen atoms in total. The van der Waals surface area contributed by atoms with Crippen LogP contribution in [0.3, 0.4) is 0 Å². The second-order valence-corrected chi connectivity index (χ2v) is 7.42. The largest absolute Gasteiger partial charge is 0.454 e. The van der Waals surface area contributed by atoms with Gasteiger partial charge < -0.3 is 19.7 Å². The molecule has 2 aromatic rings. The van der Waals surface area contributed by atoms with Crippen molar-refractivity contribution in [3.8, 4) is 11.5 Å². The second-order valence-electron chi connectivity index (χ2n) is 7.42. The van der Waals surface area contributed by atoms with Gasteiger partial charge in [-0.1, -0.05) is 24.3 Å². The monoisotopic (exact) mass is 399 g/mol. The number of halogens is 1. The van der Waals surface area contributed by atoms with Crippen molar-refractivity contribution in [2.75, 3.05) is 39.5 Å². The summed E-state index contributed by atoms with van der Waals surface area (Å²) >= 11 is 0. The summed E-state index contributed by atoms with van der Waals surface area (Å²) in [6, 6.07) is 12.6. The number of nitrogens with one attached hydrogen (secondary N) is 1. The Morgan fingerprint density at radius 1 is 1.00 bits per heavy atom. The van der Waals surface area contributed by atoms with Crippen molar-refractivity contribution in [1.29, 1.82) is 0 Å². The van der Waals surface area contributed by atoms with E-state index in [-0.39, 0.29) is 18.3 Å². The van der Waals surface area contributed by atoms with E-state index in [0.717, 1.165) is 50.8 Å². The van der Waals surface area contributed by atoms with Crippen LogP contribution in [0, 0.1) is 5.82 Å². The summed E-state index contributed by atoms with van der Waals surface area (Å²) in [5.74, 6) is 1.30. The molecule has 0 aromatic heterocycles. The molecule has 0 bridgehead atoms. The van der Waals surface area contributed by atoms with Crippen molar-refractivity contribution in [2.45, 2.75) is 19.5 Å². The predicted molar refractivity (Wildman–Crippen MR) is 107 cm³/mol. The third-order valence-electron chi connectivity index (χ3n) is 5.40. The van der Waals surface area contributed by atoms with Crippen molar-refractivity contribution >= 4 is 5.91 Å². The summed E-state index contributed by atoms with van der Waals surface area (Å²) in [5.41, 5.74) is 1.73. The molecule has 4 rings (SSSR count). The first-order valence-electron chi connectivity index (χ1n) is 10.0. The van der Waals surface area contributed by atoms with E-state index in [1.54, 1.807) is 18.2 Å². The molecule has 2 heterocycles. The van der Waals surface area contributed by atoms with Crippen LogP contribution < -0.4 is 14.8 Å². The number of nitrogens with zero attached hydrogens (tertiary/aromatic N) is 2. The highest BCUT2D eigenvalue weighted by Gasteiger charge is 2.19. The van der Waals surface area contributed by atoms with E-state index in [0.29, 0.717) is 18.8 Å². The fraction of sp³-hybridized carbons (Fsp3) is 0.409. The Bertz CT molecular complexity index is 853. The van der Waals surface area contributed by atoms with E-state index in [9.17, 15) is 9.18 Å². The van der Waals surface area contributed by atoms with Gasteiger partial charge in [0.1, 0.15) is 5.82 Å². The molecule has 2 aliphatic rings. The van der Waals surface area contributed by atoms with E-state index < -0.39 is 0 Å². The van der Waals surface area contributed by atoms with Gasteiger partial charge in [0, 0.05) is 57.8 Å². The van der Waals surface area contributed by atoms with Crippen LogP contribution in [-0.2, 0) is 17.9 Å². The molecule has 1 N–H and O–H groups in total. The van der Waals surface area contributed by atoms with Gasteiger partial charge in [-0.05, 0) is 23.8 Å². The van der Waals surface area contributed by atoms with E-state index in [1.165, 1.54) is 11.6 Å². The number of hydrogen-bond donors (Lipinski definition) is 1. The zero-order valence-corrected chi connectivity index (χ0v) is 16.4. The van der Waals surface area contributed by atoms with E-state index in [1.807, 2.05) is 6.07 Å². The first-order chi connectivity index (χ1) is 14.2. The average Bonchev–Trinajstić information content (AvgIpc) is 3.20. The Hall–Kier alpha value is -2.64. The van der Waals surface area contributed by atoms with E-state index >= 15 is 0 Å². The van der Waals surface area contributed by atoms with Crippen LogP contribution in [-0.4, -0.2) is 55.2 Å². The van der Waals surface area contributed by atoms with Crippen LogP contribution in [0.15, 0.2) is 42.5 Å². The SMILES string of the molecule is O=C(CCN1CCN(Cc2ccc3c(c2)OCO3)CC1)NCc1ccccc1F. The first kappa shape index (κ1) is 19.7. The number of piperazine rings is 1. The number of amides is 1. The minimum atomic E-state index is -0.286. The zero-order chi connectivity index (χ0) is 20.1. The van der Waals surface area contributed by atoms with Gasteiger partial charge in [-0.25, -0.2) is 4.39 Å². The Labute approximate surface area is 170 Å². The lowest BCUT2D eigenvalue weighted by atomic mass is 10.1. The lowest BCUT2D eigenvalue weighted by Gasteiger charge is -2.34. The summed E-state index contributed by atoms with van der Waals surface area (Å²) in [5, 5.41) is 2.80. The maximum absolute atomic E-state index is 13.6. The molecule has 29 heavy (non-hydrogen) atoms. The third kappa shape index (κ3) is 5.25. The molecule has 1 fully saturated rings. The molecular weight excluding hydrogens is 373 g/mol. The average molecular weight is 399 g/mol. The number of fused-ring (bicyclic) bond motifs is 1. The van der Waals surface area contributed by atoms with Gasteiger partial charge in [-0.15, -0.1) is 0 Å². The molecule has 0 saturated carbocycles. The fourth-order valence-electron chi connectivity index (χ4n) is 3.65. The maximum atomic E-state index is 13.6. The zero-order valence-electron chi connectivity index (χ0n) is 16.4. The molecule has 1 saturated heterocycles. The van der Waals surface area contributed by atoms with Crippen molar-refractivity contribution < 1.29 is 18.7 Å². The van der Waals surface area contributed by atoms with Gasteiger partial charge in [0.05, 0.1) is 0 Å². The second kappa shape index (κ2) is 9.24. The van der Waals surface area contributed by atoms with Gasteiger partial charge in [-0.2, -0.15) is 0 Å². The molecule has 2 aliphatic heterocycles. The maximum Gasteiger partial charge on any atom is 0.231 e. The summed E-state index contributed by atoms with van der Waals surface area (Å²) in [6.45, 7) is 5.93. The molecular formula is C22H26FN3O3. The summed E-state index contributed by atoms with van der Waals surface area (Å²) in [4.78, 5) is 16.8. The minimum Gasteiger partial charge on any atom is -0.454 e. The fourth-order valence-corrected chi connectivity index (χ4v) is 3.65. The van der Waals surface area contributed by atoms with Crippen molar-refractivity contribution in [1.82, 2.24) is 15.1 Å². The topological polar surface area (TPSA) is 54.0 Å². The third-order valence-corrected chi connectivity index (χ3v) is 5.40. The molecule has 7 heteroatoms. The van der Waals surface area contributed by atoms with Gasteiger partial charge in [0.25, 0.3) is 0 Å². The van der Waals surface area contributed by atoms with Gasteiger partial charge >= 0.3 is 0 Å². The highest BCUT2D eigenvalue weighted by atomic mass is 19.1. The highest BCUT2D eigenvalue weighted by Crippen LogP contribution is 2.32. The van der Waals surface area contributed by atoms with Crippen molar-refractivity contribution in [3.05, 3.63) is 59.4 Å². The molecule has 0 unspecified atom stereocenters. The van der Waals surface area contributed by atoms with Crippen LogP contribution in [0.2, 0.25) is 0 Å². The minimum absolute atomic E-state index is 0.0453. The predicted octanol–water partition coefficient (Wildman–Crippen LogP) is 2.38. The highest BCUT2D eigenvalue weighted by molar-refractivity contribution is 5.76. The molecule has 2 aromatic carbocycles. The Balaban J connectivity index is 1.15. The van der Waals surface area contributed by atoms with Gasteiger partial charge in [0.15, 0.2) is 11.5 Å². The molecule has 0 aliphatic carbocycles. The quantitative estimate of drug-likeness (QED) is 0.775. The number of carbonyl (C=O) groups is 1. The number of rotatable bonds is 7. The lowest BCUT2D eigenvalue weighted by molar-refractivity contribution is -0.121. The molecule has 0 radical (unpaired) electrons. The summed E-state index contributed by atoms with van der Waals surface area (Å²) < 4.78 is 24.4. The molecule has 154 valence electrons. The molecule has 1 amide bonds. The standard InChI is InChI=1S/C22H26FN3O3/c23-19-4-2-1-3-18(19)14-24-22(27)7-8-25-9-11-26(12-10-25)15-17-5-6-20-21(13-17)29-16-28-20/h1-6,13H,7-12,14-16H2,(H,24,27). The van der Waals surface area contributed by atoms with Crippen LogP contribution in [0.4, 0.5) is 4.39 Å². The number of ether oxygens (including phenoxy) is 2. The van der Waals surface area contributed by atoms with E-state index in [4.69, 9.17) is 9.47 Å². The van der Waals surface area contributed by atoms with Crippen LogP contribution in [0.25, 0.3) is 0 Å². The van der Waals surface area contributed by atoms with Crippen molar-refractivity contribution in [3.63, 3.8) is 0 Å². The normalized spacial score (nSPS) is 16.7. The van der Waals surface area contributed by atoms with Crippen LogP contribution >= 0.6 is 0 Å². The molecule has 0 spiro atoms. The summed E-state index contributed by atoms with van der Waals surface area (Å²) in [7, 11) is 0. The lowest BCUT2D eigenvalue weighted by Crippen LogP contribution is -2.46.